The largest absolute Gasteiger partial charge is 0.464 e. The van der Waals surface area contributed by atoms with Gasteiger partial charge in [0, 0.05) is 28.5 Å². The van der Waals surface area contributed by atoms with E-state index in [9.17, 15) is 9.59 Å². The average molecular weight is 481 g/mol. The molecule has 0 spiro atoms. The van der Waals surface area contributed by atoms with Crippen LogP contribution >= 0.6 is 11.6 Å². The zero-order valence-corrected chi connectivity index (χ0v) is 19.9. The first-order valence-corrected chi connectivity index (χ1v) is 11.9. The Morgan fingerprint density at radius 3 is 2.62 bits per heavy atom. The van der Waals surface area contributed by atoms with E-state index in [-0.39, 0.29) is 11.9 Å². The van der Waals surface area contributed by atoms with Gasteiger partial charge >= 0.3 is 5.97 Å². The zero-order chi connectivity index (χ0) is 24.0. The van der Waals surface area contributed by atoms with Gasteiger partial charge in [0.25, 0.3) is 0 Å². The van der Waals surface area contributed by atoms with Gasteiger partial charge in [0.05, 0.1) is 6.61 Å². The number of hydrogen-bond donors (Lipinski definition) is 4. The van der Waals surface area contributed by atoms with Crippen molar-refractivity contribution < 1.29 is 14.3 Å². The maximum Gasteiger partial charge on any atom is 0.336 e. The molecular weight excluding hydrogens is 452 g/mol. The van der Waals surface area contributed by atoms with Crippen molar-refractivity contribution in [3.63, 3.8) is 0 Å². The number of aromatic amines is 1. The SMILES string of the molecule is CCOC(=O)C1(CCc2ccc(Cl)cc2)C=C(NNC(=O)CCCc2c[nH]c3ccccc23)N1. The van der Waals surface area contributed by atoms with Crippen LogP contribution in [0.15, 0.2) is 66.6 Å². The predicted octanol–water partition coefficient (Wildman–Crippen LogP) is 4.14. The van der Waals surface area contributed by atoms with Crippen LogP contribution in [0.3, 0.4) is 0 Å². The lowest BCUT2D eigenvalue weighted by atomic mass is 9.86. The number of amides is 1. The molecule has 0 saturated carbocycles. The van der Waals surface area contributed by atoms with E-state index in [4.69, 9.17) is 16.3 Å². The maximum atomic E-state index is 12.6. The zero-order valence-electron chi connectivity index (χ0n) is 19.1. The van der Waals surface area contributed by atoms with E-state index in [1.807, 2.05) is 48.7 Å². The molecular formula is C26H29ClN4O3. The lowest BCUT2D eigenvalue weighted by molar-refractivity contribution is -0.150. The van der Waals surface area contributed by atoms with Crippen LogP contribution in [-0.2, 0) is 27.2 Å². The van der Waals surface area contributed by atoms with Crippen LogP contribution in [0.2, 0.25) is 5.02 Å². The summed E-state index contributed by atoms with van der Waals surface area (Å²) < 4.78 is 5.26. The van der Waals surface area contributed by atoms with Gasteiger partial charge in [0.15, 0.2) is 5.54 Å². The number of nitrogens with one attached hydrogen (secondary N) is 4. The molecule has 34 heavy (non-hydrogen) atoms. The van der Waals surface area contributed by atoms with E-state index in [2.05, 4.69) is 27.2 Å². The molecule has 0 saturated heterocycles. The van der Waals surface area contributed by atoms with Gasteiger partial charge in [-0.15, -0.1) is 0 Å². The molecule has 1 atom stereocenters. The Morgan fingerprint density at radius 2 is 1.85 bits per heavy atom. The van der Waals surface area contributed by atoms with Gasteiger partial charge in [-0.1, -0.05) is 41.9 Å². The van der Waals surface area contributed by atoms with Crippen LogP contribution < -0.4 is 16.2 Å². The molecule has 2 heterocycles. The lowest BCUT2D eigenvalue weighted by Gasteiger charge is -2.39. The Hall–Kier alpha value is -3.45. The second-order valence-electron chi connectivity index (χ2n) is 8.39. The number of aryl methyl sites for hydroxylation is 2. The molecule has 2 aromatic carbocycles. The van der Waals surface area contributed by atoms with Gasteiger partial charge in [0.1, 0.15) is 5.82 Å². The van der Waals surface area contributed by atoms with Crippen molar-refractivity contribution in [3.8, 4) is 0 Å². The number of ether oxygens (including phenoxy) is 1. The normalized spacial score (nSPS) is 16.8. The minimum atomic E-state index is -0.919. The van der Waals surface area contributed by atoms with Gasteiger partial charge in [-0.2, -0.15) is 0 Å². The van der Waals surface area contributed by atoms with Gasteiger partial charge in [-0.25, -0.2) is 4.79 Å². The molecule has 0 aliphatic carbocycles. The highest BCUT2D eigenvalue weighted by Gasteiger charge is 2.44. The number of hydrazine groups is 1. The third kappa shape index (κ3) is 5.54. The summed E-state index contributed by atoms with van der Waals surface area (Å²) in [6, 6.07) is 15.7. The van der Waals surface area contributed by atoms with Crippen molar-refractivity contribution in [1.82, 2.24) is 21.2 Å². The number of esters is 1. The minimum Gasteiger partial charge on any atom is -0.464 e. The Morgan fingerprint density at radius 1 is 1.09 bits per heavy atom. The van der Waals surface area contributed by atoms with E-state index >= 15 is 0 Å². The number of H-pyrrole nitrogens is 1. The van der Waals surface area contributed by atoms with Crippen LogP contribution in [-0.4, -0.2) is 29.0 Å². The van der Waals surface area contributed by atoms with Crippen LogP contribution in [0.25, 0.3) is 10.9 Å². The number of carbonyl (C=O) groups excluding carboxylic acids is 2. The Kier molecular flexibility index (Phi) is 7.43. The third-order valence-electron chi connectivity index (χ3n) is 5.97. The number of carbonyl (C=O) groups is 2. The minimum absolute atomic E-state index is 0.114. The van der Waals surface area contributed by atoms with Crippen molar-refractivity contribution in [2.75, 3.05) is 6.61 Å². The monoisotopic (exact) mass is 480 g/mol. The van der Waals surface area contributed by atoms with Crippen LogP contribution in [0.4, 0.5) is 0 Å². The first kappa shape index (κ1) is 23.7. The molecule has 1 aromatic heterocycles. The molecule has 0 radical (unpaired) electrons. The quantitative estimate of drug-likeness (QED) is 0.244. The molecule has 8 heteroatoms. The first-order valence-electron chi connectivity index (χ1n) is 11.5. The highest BCUT2D eigenvalue weighted by atomic mass is 35.5. The Bertz CT molecular complexity index is 1190. The summed E-state index contributed by atoms with van der Waals surface area (Å²) in [6.45, 7) is 2.08. The Balaban J connectivity index is 1.26. The number of halogens is 1. The molecule has 0 fully saturated rings. The van der Waals surface area contributed by atoms with Crippen molar-refractivity contribution in [2.24, 2.45) is 0 Å². The fraction of sp³-hybridized carbons (Fsp3) is 0.308. The number of rotatable bonds is 11. The maximum absolute atomic E-state index is 12.6. The molecule has 4 N–H and O–H groups in total. The van der Waals surface area contributed by atoms with Gasteiger partial charge < -0.3 is 15.0 Å². The smallest absolute Gasteiger partial charge is 0.336 e. The summed E-state index contributed by atoms with van der Waals surface area (Å²) in [6.07, 6.45) is 6.91. The number of hydrogen-bond acceptors (Lipinski definition) is 5. The second-order valence-corrected chi connectivity index (χ2v) is 8.82. The Labute approximate surface area is 203 Å². The van der Waals surface area contributed by atoms with Crippen molar-refractivity contribution >= 4 is 34.4 Å². The van der Waals surface area contributed by atoms with E-state index < -0.39 is 5.54 Å². The van der Waals surface area contributed by atoms with Crippen molar-refractivity contribution in [3.05, 3.63) is 82.8 Å². The van der Waals surface area contributed by atoms with E-state index in [0.29, 0.717) is 36.7 Å². The summed E-state index contributed by atoms with van der Waals surface area (Å²) in [7, 11) is 0. The van der Waals surface area contributed by atoms with E-state index in [0.717, 1.165) is 23.9 Å². The van der Waals surface area contributed by atoms with Gasteiger partial charge in [0.2, 0.25) is 5.91 Å². The summed E-state index contributed by atoms with van der Waals surface area (Å²) in [5.74, 6) is 0.131. The predicted molar refractivity (Wildman–Crippen MR) is 133 cm³/mol. The fourth-order valence-corrected chi connectivity index (χ4v) is 4.25. The average Bonchev–Trinajstić information content (AvgIpc) is 3.22. The topological polar surface area (TPSA) is 95.2 Å². The molecule has 7 nitrogen and oxygen atoms in total. The number of aromatic nitrogens is 1. The highest BCUT2D eigenvalue weighted by molar-refractivity contribution is 6.30. The summed E-state index contributed by atoms with van der Waals surface area (Å²) in [5, 5.41) is 5.01. The molecule has 1 unspecified atom stereocenters. The van der Waals surface area contributed by atoms with Gasteiger partial charge in [-0.3, -0.25) is 15.6 Å². The fourth-order valence-electron chi connectivity index (χ4n) is 4.12. The molecule has 4 rings (SSSR count). The molecule has 1 aliphatic heterocycles. The first-order chi connectivity index (χ1) is 16.5. The van der Waals surface area contributed by atoms with E-state index in [1.54, 1.807) is 13.0 Å². The van der Waals surface area contributed by atoms with E-state index in [1.165, 1.54) is 10.9 Å². The molecule has 3 aromatic rings. The van der Waals surface area contributed by atoms with Crippen LogP contribution in [0, 0.1) is 0 Å². The second kappa shape index (κ2) is 10.7. The number of fused-ring (bicyclic) bond motifs is 1. The van der Waals surface area contributed by atoms with Crippen molar-refractivity contribution in [2.45, 2.75) is 44.6 Å². The molecule has 178 valence electrons. The van der Waals surface area contributed by atoms with Crippen molar-refractivity contribution in [1.29, 1.82) is 0 Å². The highest BCUT2D eigenvalue weighted by Crippen LogP contribution is 2.27. The summed E-state index contributed by atoms with van der Waals surface area (Å²) >= 11 is 5.95. The number of benzene rings is 2. The summed E-state index contributed by atoms with van der Waals surface area (Å²) in [5.41, 5.74) is 8.04. The third-order valence-corrected chi connectivity index (χ3v) is 6.22. The molecule has 0 bridgehead atoms. The molecule has 1 aliphatic rings. The van der Waals surface area contributed by atoms with Crippen LogP contribution in [0.5, 0.6) is 0 Å². The number of para-hydroxylation sites is 1. The van der Waals surface area contributed by atoms with Crippen LogP contribution in [0.1, 0.15) is 37.3 Å². The standard InChI is InChI=1S/C26H29ClN4O3/c1-2-34-25(33)26(15-14-18-10-12-20(27)13-11-18)16-23(29-26)30-31-24(32)9-5-6-19-17-28-22-8-4-3-7-21(19)22/h3-4,7-8,10-13,16-17,28-30H,2,5-6,9,14-15H2,1H3,(H,31,32). The van der Waals surface area contributed by atoms with Gasteiger partial charge in [-0.05, 0) is 68.0 Å². The summed E-state index contributed by atoms with van der Waals surface area (Å²) in [4.78, 5) is 28.1. The molecule has 1 amide bonds. The lowest BCUT2D eigenvalue weighted by Crippen LogP contribution is -2.62.